The van der Waals surface area contributed by atoms with Crippen LogP contribution in [0.15, 0.2) is 0 Å². The van der Waals surface area contributed by atoms with Crippen molar-refractivity contribution in [1.29, 1.82) is 0 Å². The van der Waals surface area contributed by atoms with Crippen molar-refractivity contribution in [2.24, 2.45) is 11.3 Å². The Morgan fingerprint density at radius 3 is 2.29 bits per heavy atom. The normalized spacial score (nSPS) is 34.1. The average Bonchev–Trinajstić information content (AvgIpc) is 2.77. The van der Waals surface area contributed by atoms with E-state index >= 15 is 0 Å². The van der Waals surface area contributed by atoms with E-state index in [0.717, 1.165) is 12.0 Å². The minimum atomic E-state index is 0.677. The second-order valence-electron chi connectivity index (χ2n) is 6.30. The highest BCUT2D eigenvalue weighted by atomic mass is 15.1. The van der Waals surface area contributed by atoms with Gasteiger partial charge >= 0.3 is 0 Å². The second-order valence-corrected chi connectivity index (χ2v) is 6.30. The quantitative estimate of drug-likeness (QED) is 0.810. The van der Waals surface area contributed by atoms with Gasteiger partial charge in [0.2, 0.25) is 0 Å². The third-order valence-electron chi connectivity index (χ3n) is 5.60. The smallest absolute Gasteiger partial charge is 0.00796 e. The fraction of sp³-hybridized carbons (Fsp3) is 1.00. The van der Waals surface area contributed by atoms with Gasteiger partial charge in [-0.25, -0.2) is 0 Å². The van der Waals surface area contributed by atoms with E-state index in [9.17, 15) is 0 Å². The molecule has 2 heteroatoms. The maximum Gasteiger partial charge on any atom is 0.00796 e. The molecule has 2 heterocycles. The van der Waals surface area contributed by atoms with Gasteiger partial charge in [0.1, 0.15) is 0 Å². The number of nitrogens with zero attached hydrogens (tertiary/aromatic N) is 1. The standard InChI is InChI=1S/C15H30N2/c1-4-15(5-2)7-10-17(11-8-15)12-14-6-9-16-13(14)3/h13-14,16H,4-12H2,1-3H3. The predicted molar refractivity (Wildman–Crippen MR) is 74.3 cm³/mol. The fourth-order valence-electron chi connectivity index (χ4n) is 3.66. The van der Waals surface area contributed by atoms with Crippen LogP contribution in [0.1, 0.15) is 52.9 Å². The number of rotatable bonds is 4. The summed E-state index contributed by atoms with van der Waals surface area (Å²) >= 11 is 0. The lowest BCUT2D eigenvalue weighted by Gasteiger charge is -2.42. The lowest BCUT2D eigenvalue weighted by molar-refractivity contribution is 0.0833. The zero-order chi connectivity index (χ0) is 12.3. The highest BCUT2D eigenvalue weighted by Gasteiger charge is 2.33. The van der Waals surface area contributed by atoms with Crippen LogP contribution < -0.4 is 5.32 Å². The molecule has 100 valence electrons. The number of likely N-dealkylation sites (tertiary alicyclic amines) is 1. The van der Waals surface area contributed by atoms with Crippen LogP contribution in [0.3, 0.4) is 0 Å². The van der Waals surface area contributed by atoms with Gasteiger partial charge in [-0.1, -0.05) is 26.7 Å². The first-order valence-electron chi connectivity index (χ1n) is 7.65. The summed E-state index contributed by atoms with van der Waals surface area (Å²) in [7, 11) is 0. The summed E-state index contributed by atoms with van der Waals surface area (Å²) in [6, 6.07) is 0.735. The van der Waals surface area contributed by atoms with Crippen molar-refractivity contribution >= 4 is 0 Å². The Labute approximate surface area is 107 Å². The minimum absolute atomic E-state index is 0.677. The van der Waals surface area contributed by atoms with E-state index in [1.165, 1.54) is 58.3 Å². The maximum atomic E-state index is 3.57. The molecule has 0 aromatic rings. The molecule has 0 radical (unpaired) electrons. The third-order valence-corrected chi connectivity index (χ3v) is 5.60. The van der Waals surface area contributed by atoms with Crippen LogP contribution in [0, 0.1) is 11.3 Å². The second kappa shape index (κ2) is 5.71. The number of hydrogen-bond acceptors (Lipinski definition) is 2. The van der Waals surface area contributed by atoms with Crippen molar-refractivity contribution in [1.82, 2.24) is 10.2 Å². The molecule has 2 fully saturated rings. The number of hydrogen-bond donors (Lipinski definition) is 1. The molecule has 2 rings (SSSR count). The monoisotopic (exact) mass is 238 g/mol. The molecule has 1 N–H and O–H groups in total. The highest BCUT2D eigenvalue weighted by molar-refractivity contribution is 4.87. The van der Waals surface area contributed by atoms with Crippen LogP contribution in [-0.2, 0) is 0 Å². The van der Waals surface area contributed by atoms with Gasteiger partial charge in [-0.3, -0.25) is 0 Å². The molecule has 0 aromatic heterocycles. The summed E-state index contributed by atoms with van der Waals surface area (Å²) in [6.07, 6.45) is 6.98. The molecule has 2 nitrogen and oxygen atoms in total. The van der Waals surface area contributed by atoms with Crippen molar-refractivity contribution in [2.75, 3.05) is 26.2 Å². The summed E-state index contributed by atoms with van der Waals surface area (Å²) in [6.45, 7) is 12.3. The summed E-state index contributed by atoms with van der Waals surface area (Å²) in [4.78, 5) is 2.72. The van der Waals surface area contributed by atoms with E-state index in [0.29, 0.717) is 5.41 Å². The molecule has 2 aliphatic heterocycles. The molecular formula is C15H30N2. The van der Waals surface area contributed by atoms with Crippen molar-refractivity contribution in [3.63, 3.8) is 0 Å². The van der Waals surface area contributed by atoms with Crippen LogP contribution in [0.4, 0.5) is 0 Å². The molecule has 0 spiro atoms. The first-order chi connectivity index (χ1) is 8.19. The highest BCUT2D eigenvalue weighted by Crippen LogP contribution is 2.38. The van der Waals surface area contributed by atoms with Crippen LogP contribution in [0.5, 0.6) is 0 Å². The van der Waals surface area contributed by atoms with Crippen molar-refractivity contribution in [3.8, 4) is 0 Å². The zero-order valence-electron chi connectivity index (χ0n) is 12.0. The molecule has 2 saturated heterocycles. The van der Waals surface area contributed by atoms with E-state index in [4.69, 9.17) is 0 Å². The molecule has 0 bridgehead atoms. The SMILES string of the molecule is CCC1(CC)CCN(CC2CCNC2C)CC1. The molecular weight excluding hydrogens is 208 g/mol. The molecule has 2 aliphatic rings. The Bertz CT molecular complexity index is 225. The van der Waals surface area contributed by atoms with E-state index in [-0.39, 0.29) is 0 Å². The van der Waals surface area contributed by atoms with Crippen LogP contribution >= 0.6 is 0 Å². The first-order valence-corrected chi connectivity index (χ1v) is 7.65. The first kappa shape index (κ1) is 13.4. The predicted octanol–water partition coefficient (Wildman–Crippen LogP) is 2.89. The minimum Gasteiger partial charge on any atom is -0.314 e. The summed E-state index contributed by atoms with van der Waals surface area (Å²) in [5, 5.41) is 3.57. The lowest BCUT2D eigenvalue weighted by atomic mass is 9.74. The van der Waals surface area contributed by atoms with E-state index in [2.05, 4.69) is 31.0 Å². The van der Waals surface area contributed by atoms with Gasteiger partial charge in [0.05, 0.1) is 0 Å². The van der Waals surface area contributed by atoms with E-state index in [1.54, 1.807) is 0 Å². The molecule has 0 aliphatic carbocycles. The topological polar surface area (TPSA) is 15.3 Å². The summed E-state index contributed by atoms with van der Waals surface area (Å²) in [5.41, 5.74) is 0.677. The van der Waals surface area contributed by atoms with Crippen molar-refractivity contribution in [3.05, 3.63) is 0 Å². The Morgan fingerprint density at radius 2 is 1.82 bits per heavy atom. The maximum absolute atomic E-state index is 3.57. The van der Waals surface area contributed by atoms with Crippen LogP contribution in [0.2, 0.25) is 0 Å². The third kappa shape index (κ3) is 3.03. The lowest BCUT2D eigenvalue weighted by Crippen LogP contribution is -2.43. The van der Waals surface area contributed by atoms with Gasteiger partial charge in [-0.05, 0) is 57.2 Å². The van der Waals surface area contributed by atoms with Gasteiger partial charge in [0, 0.05) is 12.6 Å². The van der Waals surface area contributed by atoms with Gasteiger partial charge in [0.15, 0.2) is 0 Å². The van der Waals surface area contributed by atoms with Gasteiger partial charge < -0.3 is 10.2 Å². The summed E-state index contributed by atoms with van der Waals surface area (Å²) in [5.74, 6) is 0.894. The van der Waals surface area contributed by atoms with Crippen molar-refractivity contribution < 1.29 is 0 Å². The average molecular weight is 238 g/mol. The van der Waals surface area contributed by atoms with Crippen molar-refractivity contribution in [2.45, 2.75) is 58.9 Å². The Morgan fingerprint density at radius 1 is 1.18 bits per heavy atom. The molecule has 0 saturated carbocycles. The Kier molecular flexibility index (Phi) is 4.48. The van der Waals surface area contributed by atoms with Gasteiger partial charge in [0.25, 0.3) is 0 Å². The molecule has 0 amide bonds. The van der Waals surface area contributed by atoms with Crippen LogP contribution in [-0.4, -0.2) is 37.1 Å². The number of piperidine rings is 1. The number of nitrogens with one attached hydrogen (secondary N) is 1. The zero-order valence-corrected chi connectivity index (χ0v) is 12.0. The summed E-state index contributed by atoms with van der Waals surface area (Å²) < 4.78 is 0. The Balaban J connectivity index is 1.79. The molecule has 2 unspecified atom stereocenters. The fourth-order valence-corrected chi connectivity index (χ4v) is 3.66. The Hall–Kier alpha value is -0.0800. The van der Waals surface area contributed by atoms with E-state index < -0.39 is 0 Å². The molecule has 17 heavy (non-hydrogen) atoms. The molecule has 0 aromatic carbocycles. The van der Waals surface area contributed by atoms with Gasteiger partial charge in [-0.2, -0.15) is 0 Å². The molecule has 2 atom stereocenters. The van der Waals surface area contributed by atoms with Gasteiger partial charge in [-0.15, -0.1) is 0 Å². The van der Waals surface area contributed by atoms with E-state index in [1.807, 2.05) is 0 Å². The largest absolute Gasteiger partial charge is 0.314 e. The van der Waals surface area contributed by atoms with Crippen LogP contribution in [0.25, 0.3) is 0 Å².